The van der Waals surface area contributed by atoms with Gasteiger partial charge in [-0.2, -0.15) is 5.10 Å². The number of H-pyrrole nitrogens is 1. The summed E-state index contributed by atoms with van der Waals surface area (Å²) in [5.41, 5.74) is -0.0654. The smallest absolute Gasteiger partial charge is 0.272 e. The molecule has 1 fully saturated rings. The van der Waals surface area contributed by atoms with Crippen LogP contribution >= 0.6 is 0 Å². The van der Waals surface area contributed by atoms with Crippen molar-refractivity contribution < 1.29 is 9.53 Å². The molecule has 2 aromatic rings. The molecule has 1 saturated heterocycles. The summed E-state index contributed by atoms with van der Waals surface area (Å²) in [4.78, 5) is 24.1. The van der Waals surface area contributed by atoms with E-state index < -0.39 is 0 Å². The first-order valence-corrected chi connectivity index (χ1v) is 7.06. The van der Waals surface area contributed by atoms with Gasteiger partial charge in [-0.3, -0.25) is 9.59 Å². The zero-order valence-electron chi connectivity index (χ0n) is 11.8. The lowest BCUT2D eigenvalue weighted by Gasteiger charge is -2.19. The maximum atomic E-state index is 12.4. The molecule has 0 unspecified atom stereocenters. The third kappa shape index (κ3) is 2.67. The van der Waals surface area contributed by atoms with Crippen LogP contribution in [0.25, 0.3) is 10.8 Å². The molecule has 0 bridgehead atoms. The van der Waals surface area contributed by atoms with E-state index in [4.69, 9.17) is 4.74 Å². The fourth-order valence-corrected chi connectivity index (χ4v) is 2.65. The molecular formula is C15H17N3O3. The minimum Gasteiger partial charge on any atom is -0.376 e. The number of nitrogens with one attached hydrogen (secondary N) is 2. The molecule has 0 radical (unpaired) electrons. The van der Waals surface area contributed by atoms with Crippen LogP contribution in [0.15, 0.2) is 29.1 Å². The number of carbonyl (C=O) groups excluding carboxylic acids is 1. The van der Waals surface area contributed by atoms with E-state index >= 15 is 0 Å². The SMILES string of the molecule is C[C@H](NC(=O)c1n[nH]c(=O)c2ccccc12)[C@H]1CCCO1. The Balaban J connectivity index is 1.88. The molecule has 0 aliphatic carbocycles. The van der Waals surface area contributed by atoms with Crippen LogP contribution in [-0.4, -0.2) is 34.9 Å². The average molecular weight is 287 g/mol. The Bertz CT molecular complexity index is 719. The summed E-state index contributed by atoms with van der Waals surface area (Å²) in [7, 11) is 0. The van der Waals surface area contributed by atoms with E-state index in [-0.39, 0.29) is 29.3 Å². The second kappa shape index (κ2) is 5.65. The number of ether oxygens (including phenoxy) is 1. The van der Waals surface area contributed by atoms with E-state index in [1.54, 1.807) is 24.3 Å². The lowest BCUT2D eigenvalue weighted by Crippen LogP contribution is -2.41. The highest BCUT2D eigenvalue weighted by Crippen LogP contribution is 2.17. The second-order valence-corrected chi connectivity index (χ2v) is 5.26. The van der Waals surface area contributed by atoms with E-state index in [1.807, 2.05) is 6.92 Å². The molecule has 6 nitrogen and oxygen atoms in total. The Morgan fingerprint density at radius 2 is 2.19 bits per heavy atom. The normalized spacial score (nSPS) is 19.6. The molecule has 1 aliphatic heterocycles. The monoisotopic (exact) mass is 287 g/mol. The first-order valence-electron chi connectivity index (χ1n) is 7.06. The number of aromatic nitrogens is 2. The number of hydrogen-bond acceptors (Lipinski definition) is 4. The van der Waals surface area contributed by atoms with Gasteiger partial charge < -0.3 is 10.1 Å². The Kier molecular flexibility index (Phi) is 3.70. The molecule has 0 spiro atoms. The third-order valence-corrected chi connectivity index (χ3v) is 3.79. The number of hydrogen-bond donors (Lipinski definition) is 2. The second-order valence-electron chi connectivity index (χ2n) is 5.26. The topological polar surface area (TPSA) is 84.1 Å². The van der Waals surface area contributed by atoms with Gasteiger partial charge in [0.15, 0.2) is 5.69 Å². The number of nitrogens with zero attached hydrogens (tertiary/aromatic N) is 1. The van der Waals surface area contributed by atoms with Crippen LogP contribution in [0.3, 0.4) is 0 Å². The predicted molar refractivity (Wildman–Crippen MR) is 78.3 cm³/mol. The zero-order chi connectivity index (χ0) is 14.8. The van der Waals surface area contributed by atoms with Gasteiger partial charge in [-0.05, 0) is 25.8 Å². The third-order valence-electron chi connectivity index (χ3n) is 3.79. The minimum atomic E-state index is -0.301. The Morgan fingerprint density at radius 1 is 1.43 bits per heavy atom. The summed E-state index contributed by atoms with van der Waals surface area (Å²) in [5, 5.41) is 10.2. The standard InChI is InChI=1S/C15H17N3O3/c1-9(12-7-4-8-21-12)16-15(20)13-10-5-2-3-6-11(10)14(19)18-17-13/h2-3,5-6,9,12H,4,7-8H2,1H3,(H,16,20)(H,18,19)/t9-,12+/m0/s1. The fourth-order valence-electron chi connectivity index (χ4n) is 2.65. The Labute approximate surface area is 121 Å². The molecule has 110 valence electrons. The van der Waals surface area contributed by atoms with Gasteiger partial charge in [0.25, 0.3) is 11.5 Å². The van der Waals surface area contributed by atoms with E-state index in [0.717, 1.165) is 19.4 Å². The number of fused-ring (bicyclic) bond motifs is 1. The molecule has 2 N–H and O–H groups in total. The van der Waals surface area contributed by atoms with Gasteiger partial charge in [-0.15, -0.1) is 0 Å². The number of amides is 1. The van der Waals surface area contributed by atoms with Crippen LogP contribution in [0.4, 0.5) is 0 Å². The number of carbonyl (C=O) groups is 1. The minimum absolute atomic E-state index is 0.0444. The lowest BCUT2D eigenvalue weighted by molar-refractivity contribution is 0.0710. The van der Waals surface area contributed by atoms with Crippen molar-refractivity contribution >= 4 is 16.7 Å². The molecule has 2 heterocycles. The quantitative estimate of drug-likeness (QED) is 0.889. The highest BCUT2D eigenvalue weighted by molar-refractivity contribution is 6.04. The van der Waals surface area contributed by atoms with Crippen LogP contribution in [0.5, 0.6) is 0 Å². The predicted octanol–water partition coefficient (Wildman–Crippen LogP) is 1.22. The van der Waals surface area contributed by atoms with E-state index in [1.165, 1.54) is 0 Å². The van der Waals surface area contributed by atoms with Gasteiger partial charge in [0.1, 0.15) is 0 Å². The first-order chi connectivity index (χ1) is 10.2. The van der Waals surface area contributed by atoms with Gasteiger partial charge in [-0.25, -0.2) is 5.10 Å². The summed E-state index contributed by atoms with van der Waals surface area (Å²) in [6.07, 6.45) is 2.01. The number of benzene rings is 1. The Hall–Kier alpha value is -2.21. The van der Waals surface area contributed by atoms with Crippen molar-refractivity contribution in [2.24, 2.45) is 0 Å². The van der Waals surface area contributed by atoms with Crippen LogP contribution < -0.4 is 10.9 Å². The zero-order valence-corrected chi connectivity index (χ0v) is 11.8. The molecule has 3 rings (SSSR count). The summed E-state index contributed by atoms with van der Waals surface area (Å²) in [6, 6.07) is 6.85. The van der Waals surface area contributed by atoms with Gasteiger partial charge in [0, 0.05) is 12.0 Å². The van der Waals surface area contributed by atoms with Crippen molar-refractivity contribution in [3.05, 3.63) is 40.3 Å². The van der Waals surface area contributed by atoms with E-state index in [9.17, 15) is 9.59 Å². The number of rotatable bonds is 3. The summed E-state index contributed by atoms with van der Waals surface area (Å²) < 4.78 is 5.57. The number of aromatic amines is 1. The summed E-state index contributed by atoms with van der Waals surface area (Å²) in [5.74, 6) is -0.301. The van der Waals surface area contributed by atoms with Gasteiger partial charge in [0.2, 0.25) is 0 Å². The maximum absolute atomic E-state index is 12.4. The average Bonchev–Trinajstić information content (AvgIpc) is 3.02. The highest BCUT2D eigenvalue weighted by atomic mass is 16.5. The fraction of sp³-hybridized carbons (Fsp3) is 0.400. The largest absolute Gasteiger partial charge is 0.376 e. The molecule has 1 aromatic carbocycles. The van der Waals surface area contributed by atoms with Gasteiger partial charge in [-0.1, -0.05) is 18.2 Å². The van der Waals surface area contributed by atoms with Crippen LogP contribution in [0, 0.1) is 0 Å². The first kappa shape index (κ1) is 13.8. The molecule has 1 aromatic heterocycles. The van der Waals surface area contributed by atoms with Crippen molar-refractivity contribution in [2.45, 2.75) is 31.9 Å². The maximum Gasteiger partial charge on any atom is 0.272 e. The van der Waals surface area contributed by atoms with Crippen molar-refractivity contribution in [1.82, 2.24) is 15.5 Å². The lowest BCUT2D eigenvalue weighted by atomic mass is 10.1. The van der Waals surface area contributed by atoms with Crippen LogP contribution in [0.1, 0.15) is 30.3 Å². The van der Waals surface area contributed by atoms with E-state index in [0.29, 0.717) is 10.8 Å². The van der Waals surface area contributed by atoms with Crippen molar-refractivity contribution in [2.75, 3.05) is 6.61 Å². The summed E-state index contributed by atoms with van der Waals surface area (Å²) >= 11 is 0. The van der Waals surface area contributed by atoms with Crippen LogP contribution in [0.2, 0.25) is 0 Å². The summed E-state index contributed by atoms with van der Waals surface area (Å²) in [6.45, 7) is 2.66. The van der Waals surface area contributed by atoms with Crippen molar-refractivity contribution in [3.8, 4) is 0 Å². The molecule has 21 heavy (non-hydrogen) atoms. The molecule has 2 atom stereocenters. The van der Waals surface area contributed by atoms with Gasteiger partial charge >= 0.3 is 0 Å². The van der Waals surface area contributed by atoms with E-state index in [2.05, 4.69) is 15.5 Å². The highest BCUT2D eigenvalue weighted by Gasteiger charge is 2.25. The Morgan fingerprint density at radius 3 is 2.90 bits per heavy atom. The van der Waals surface area contributed by atoms with Gasteiger partial charge in [0.05, 0.1) is 17.5 Å². The van der Waals surface area contributed by atoms with Crippen LogP contribution in [-0.2, 0) is 4.74 Å². The molecule has 0 saturated carbocycles. The van der Waals surface area contributed by atoms with Crippen molar-refractivity contribution in [3.63, 3.8) is 0 Å². The van der Waals surface area contributed by atoms with Crippen molar-refractivity contribution in [1.29, 1.82) is 0 Å². The molecule has 6 heteroatoms. The molecule has 1 amide bonds. The molecule has 1 aliphatic rings. The molecular weight excluding hydrogens is 270 g/mol.